The molecule has 1 atom stereocenters. The van der Waals surface area contributed by atoms with E-state index in [9.17, 15) is 14.7 Å². The Morgan fingerprint density at radius 3 is 1.96 bits per heavy atom. The summed E-state index contributed by atoms with van der Waals surface area (Å²) < 4.78 is 0. The van der Waals surface area contributed by atoms with E-state index in [-0.39, 0.29) is 12.3 Å². The van der Waals surface area contributed by atoms with Crippen LogP contribution < -0.4 is 5.73 Å². The van der Waals surface area contributed by atoms with Crippen LogP contribution in [0.2, 0.25) is 0 Å². The molecule has 0 spiro atoms. The molecule has 0 fully saturated rings. The molecule has 1 unspecified atom stereocenters. The molecule has 5 heteroatoms. The molecule has 0 saturated heterocycles. The summed E-state index contributed by atoms with van der Waals surface area (Å²) in [5, 5.41) is 10.9. The predicted octanol–water partition coefficient (Wildman–Crippen LogP) is 1.82. The molecule has 2 aromatic carbocycles. The number of carbonyl (C=O) groups is 2. The van der Waals surface area contributed by atoms with Crippen molar-refractivity contribution in [3.8, 4) is 0 Å². The van der Waals surface area contributed by atoms with Crippen molar-refractivity contribution in [3.63, 3.8) is 0 Å². The van der Waals surface area contributed by atoms with Crippen molar-refractivity contribution < 1.29 is 14.7 Å². The molecule has 2 aromatic rings. The first-order valence-electron chi connectivity index (χ1n) is 8.38. The van der Waals surface area contributed by atoms with Crippen molar-refractivity contribution in [1.29, 1.82) is 0 Å². The highest BCUT2D eigenvalue weighted by atomic mass is 16.3. The smallest absolute Gasteiger partial charge is 0.258 e. The fourth-order valence-corrected chi connectivity index (χ4v) is 2.86. The molecule has 0 saturated carbocycles. The first kappa shape index (κ1) is 18.7. The molecular weight excluding hydrogens is 316 g/mol. The highest BCUT2D eigenvalue weighted by molar-refractivity contribution is 5.88. The molecule has 132 valence electrons. The average molecular weight is 340 g/mol. The van der Waals surface area contributed by atoms with E-state index >= 15 is 0 Å². The van der Waals surface area contributed by atoms with Gasteiger partial charge in [0, 0.05) is 13.1 Å². The van der Waals surface area contributed by atoms with Gasteiger partial charge in [0.2, 0.25) is 5.91 Å². The number of rotatable bonds is 7. The van der Waals surface area contributed by atoms with E-state index in [1.165, 1.54) is 0 Å². The van der Waals surface area contributed by atoms with Gasteiger partial charge in [-0.05, 0) is 30.5 Å². The summed E-state index contributed by atoms with van der Waals surface area (Å²) in [7, 11) is 0. The number of hydrogen-bond acceptors (Lipinski definition) is 3. The molecule has 0 aliphatic rings. The average Bonchev–Trinajstić information content (AvgIpc) is 2.63. The van der Waals surface area contributed by atoms with Crippen LogP contribution in [-0.2, 0) is 21.6 Å². The largest absolute Gasteiger partial charge is 0.372 e. The third-order valence-corrected chi connectivity index (χ3v) is 4.39. The summed E-state index contributed by atoms with van der Waals surface area (Å²) in [6, 6.07) is 15.4. The minimum Gasteiger partial charge on any atom is -0.372 e. The van der Waals surface area contributed by atoms with Crippen molar-refractivity contribution in [2.45, 2.75) is 25.9 Å². The Kier molecular flexibility index (Phi) is 5.93. The summed E-state index contributed by atoms with van der Waals surface area (Å²) in [6.45, 7) is 5.22. The van der Waals surface area contributed by atoms with Gasteiger partial charge in [-0.1, -0.05) is 54.6 Å². The molecule has 0 aromatic heterocycles. The molecule has 0 aliphatic heterocycles. The van der Waals surface area contributed by atoms with E-state index < -0.39 is 11.5 Å². The Labute approximate surface area is 148 Å². The van der Waals surface area contributed by atoms with Gasteiger partial charge in [-0.15, -0.1) is 0 Å². The van der Waals surface area contributed by atoms with Crippen LogP contribution >= 0.6 is 0 Å². The van der Waals surface area contributed by atoms with Crippen molar-refractivity contribution in [2.24, 2.45) is 5.73 Å². The summed E-state index contributed by atoms with van der Waals surface area (Å²) in [6.07, 6.45) is 0.280. The van der Waals surface area contributed by atoms with Crippen LogP contribution in [0.25, 0.3) is 0 Å². The predicted molar refractivity (Wildman–Crippen MR) is 96.7 cm³/mol. The van der Waals surface area contributed by atoms with Crippen LogP contribution in [0, 0.1) is 0 Å². The van der Waals surface area contributed by atoms with E-state index in [1.807, 2.05) is 13.8 Å². The number of carbonyl (C=O) groups excluding carboxylic acids is 2. The lowest BCUT2D eigenvalue weighted by Crippen LogP contribution is -2.42. The van der Waals surface area contributed by atoms with Gasteiger partial charge in [0.25, 0.3) is 5.91 Å². The van der Waals surface area contributed by atoms with Crippen molar-refractivity contribution >= 4 is 11.8 Å². The van der Waals surface area contributed by atoms with E-state index in [0.717, 1.165) is 5.56 Å². The number of benzene rings is 2. The maximum absolute atomic E-state index is 12.2. The van der Waals surface area contributed by atoms with Crippen LogP contribution in [0.4, 0.5) is 0 Å². The van der Waals surface area contributed by atoms with Crippen LogP contribution in [0.1, 0.15) is 30.5 Å². The van der Waals surface area contributed by atoms with Crippen LogP contribution in [0.3, 0.4) is 0 Å². The maximum Gasteiger partial charge on any atom is 0.258 e. The zero-order chi connectivity index (χ0) is 18.4. The Morgan fingerprint density at radius 2 is 1.48 bits per heavy atom. The van der Waals surface area contributed by atoms with Gasteiger partial charge in [0.15, 0.2) is 5.60 Å². The normalized spacial score (nSPS) is 13.1. The lowest BCUT2D eigenvalue weighted by Gasteiger charge is -2.26. The minimum absolute atomic E-state index is 0.0472. The summed E-state index contributed by atoms with van der Waals surface area (Å²) in [5.74, 6) is -0.795. The lowest BCUT2D eigenvalue weighted by molar-refractivity contribution is -0.133. The molecule has 2 amide bonds. The summed E-state index contributed by atoms with van der Waals surface area (Å²) in [5.41, 5.74) is 5.19. The third-order valence-electron chi connectivity index (χ3n) is 4.39. The van der Waals surface area contributed by atoms with Gasteiger partial charge in [-0.2, -0.15) is 0 Å². The molecular formula is C20H24N2O3. The topological polar surface area (TPSA) is 83.6 Å². The maximum atomic E-state index is 12.2. The molecule has 2 rings (SSSR count). The van der Waals surface area contributed by atoms with Crippen LogP contribution in [-0.4, -0.2) is 34.9 Å². The summed E-state index contributed by atoms with van der Waals surface area (Å²) >= 11 is 0. The second kappa shape index (κ2) is 7.94. The van der Waals surface area contributed by atoms with Crippen LogP contribution in [0.15, 0.2) is 54.6 Å². The SMILES string of the molecule is CCN(CC)C(=O)Cc1ccc(C(O)(C(N)=O)c2ccccc2)cc1. The Bertz CT molecular complexity index is 724. The zero-order valence-electron chi connectivity index (χ0n) is 14.6. The van der Waals surface area contributed by atoms with Gasteiger partial charge in [0.05, 0.1) is 6.42 Å². The van der Waals surface area contributed by atoms with Crippen molar-refractivity contribution in [2.75, 3.05) is 13.1 Å². The van der Waals surface area contributed by atoms with Gasteiger partial charge in [-0.3, -0.25) is 9.59 Å². The van der Waals surface area contributed by atoms with Crippen molar-refractivity contribution in [3.05, 3.63) is 71.3 Å². The molecule has 25 heavy (non-hydrogen) atoms. The fourth-order valence-electron chi connectivity index (χ4n) is 2.86. The standard InChI is InChI=1S/C20H24N2O3/c1-3-22(4-2)18(23)14-15-10-12-17(13-11-15)20(25,19(21)24)16-8-6-5-7-9-16/h5-13,25H,3-4,14H2,1-2H3,(H2,21,24). The minimum atomic E-state index is -1.90. The van der Waals surface area contributed by atoms with E-state index in [2.05, 4.69) is 0 Å². The lowest BCUT2D eigenvalue weighted by atomic mass is 9.85. The third kappa shape index (κ3) is 3.88. The number of likely N-dealkylation sites (N-methyl/N-ethyl adjacent to an activating group) is 1. The Hall–Kier alpha value is -2.66. The molecule has 0 bridgehead atoms. The van der Waals surface area contributed by atoms with E-state index in [1.54, 1.807) is 59.5 Å². The second-order valence-corrected chi connectivity index (χ2v) is 5.88. The zero-order valence-corrected chi connectivity index (χ0v) is 14.6. The fraction of sp³-hybridized carbons (Fsp3) is 0.300. The van der Waals surface area contributed by atoms with Crippen molar-refractivity contribution in [1.82, 2.24) is 4.90 Å². The Morgan fingerprint density at radius 1 is 0.960 bits per heavy atom. The first-order chi connectivity index (χ1) is 11.9. The highest BCUT2D eigenvalue weighted by Gasteiger charge is 2.37. The molecule has 0 aliphatic carbocycles. The van der Waals surface area contributed by atoms with Gasteiger partial charge in [0.1, 0.15) is 0 Å². The number of hydrogen-bond donors (Lipinski definition) is 2. The summed E-state index contributed by atoms with van der Waals surface area (Å²) in [4.78, 5) is 25.9. The van der Waals surface area contributed by atoms with Gasteiger partial charge < -0.3 is 15.7 Å². The molecule has 0 radical (unpaired) electrons. The number of aliphatic hydroxyl groups is 1. The number of nitrogens with zero attached hydrogens (tertiary/aromatic N) is 1. The molecule has 0 heterocycles. The number of primary amides is 1. The molecule has 3 N–H and O–H groups in total. The number of amides is 2. The van der Waals surface area contributed by atoms with Gasteiger partial charge >= 0.3 is 0 Å². The van der Waals surface area contributed by atoms with Gasteiger partial charge in [-0.25, -0.2) is 0 Å². The second-order valence-electron chi connectivity index (χ2n) is 5.88. The highest BCUT2D eigenvalue weighted by Crippen LogP contribution is 2.29. The van der Waals surface area contributed by atoms with E-state index in [0.29, 0.717) is 24.2 Å². The Balaban J connectivity index is 2.28. The molecule has 5 nitrogen and oxygen atoms in total. The quantitative estimate of drug-likeness (QED) is 0.806. The monoisotopic (exact) mass is 340 g/mol. The first-order valence-corrected chi connectivity index (χ1v) is 8.38. The van der Waals surface area contributed by atoms with E-state index in [4.69, 9.17) is 5.73 Å². The van der Waals surface area contributed by atoms with Crippen LogP contribution in [0.5, 0.6) is 0 Å². The number of nitrogens with two attached hydrogens (primary N) is 1.